The first-order valence-corrected chi connectivity index (χ1v) is 9.13. The molecular weight excluding hydrogens is 384 g/mol. The predicted molar refractivity (Wildman–Crippen MR) is 94.9 cm³/mol. The lowest BCUT2D eigenvalue weighted by molar-refractivity contribution is 0.547. The minimum atomic E-state index is -0.0870. The molecule has 0 saturated heterocycles. The maximum Gasteiger partial charge on any atom is 0.306 e. The normalized spacial score (nSPS) is 12.0. The Labute approximate surface area is 141 Å². The van der Waals surface area contributed by atoms with Crippen molar-refractivity contribution in [2.45, 2.75) is 19.9 Å². The summed E-state index contributed by atoms with van der Waals surface area (Å²) in [7, 11) is 0. The fourth-order valence-corrected chi connectivity index (χ4v) is 4.88. The van der Waals surface area contributed by atoms with E-state index in [0.717, 1.165) is 30.0 Å². The second kappa shape index (κ2) is 5.00. The van der Waals surface area contributed by atoms with Crippen LogP contribution in [0.2, 0.25) is 0 Å². The highest BCUT2D eigenvalue weighted by Crippen LogP contribution is 2.40. The van der Waals surface area contributed by atoms with Crippen molar-refractivity contribution in [3.8, 4) is 10.4 Å². The number of aromatic amines is 1. The zero-order valence-corrected chi connectivity index (χ0v) is 15.0. The Morgan fingerprint density at radius 1 is 1.32 bits per heavy atom. The van der Waals surface area contributed by atoms with Crippen molar-refractivity contribution in [3.63, 3.8) is 0 Å². The van der Waals surface area contributed by atoms with Gasteiger partial charge in [-0.2, -0.15) is 5.10 Å². The van der Waals surface area contributed by atoms with Gasteiger partial charge in [-0.25, -0.2) is 9.67 Å². The van der Waals surface area contributed by atoms with E-state index >= 15 is 0 Å². The molecule has 0 amide bonds. The SMILES string of the molecule is CC(C)n1ncc2c(-c3ccc(Br)s3)c3sc(=O)[nH]c3nc21. The van der Waals surface area contributed by atoms with Crippen LogP contribution in [0.5, 0.6) is 0 Å². The summed E-state index contributed by atoms with van der Waals surface area (Å²) >= 11 is 6.34. The Morgan fingerprint density at radius 2 is 2.14 bits per heavy atom. The van der Waals surface area contributed by atoms with Crippen LogP contribution >= 0.6 is 38.6 Å². The standard InChI is InChI=1S/C14H11BrN4OS2/c1-6(2)19-13-7(5-16-19)10(8-3-4-9(15)21-8)11-12(17-13)18-14(20)22-11/h3-6H,1-2H3,(H,17,18,20). The van der Waals surface area contributed by atoms with Crippen molar-refractivity contribution < 1.29 is 0 Å². The maximum atomic E-state index is 11.8. The van der Waals surface area contributed by atoms with Crippen molar-refractivity contribution in [2.75, 3.05) is 0 Å². The van der Waals surface area contributed by atoms with E-state index < -0.39 is 0 Å². The molecule has 4 aromatic rings. The lowest BCUT2D eigenvalue weighted by atomic mass is 10.1. The summed E-state index contributed by atoms with van der Waals surface area (Å²) in [6.45, 7) is 4.13. The van der Waals surface area contributed by atoms with Crippen molar-refractivity contribution in [2.24, 2.45) is 0 Å². The number of thiazole rings is 1. The number of hydrogen-bond donors (Lipinski definition) is 1. The zero-order chi connectivity index (χ0) is 15.4. The second-order valence-corrected chi connectivity index (χ2v) is 8.65. The van der Waals surface area contributed by atoms with Crippen LogP contribution in [0.1, 0.15) is 19.9 Å². The fourth-order valence-electron chi connectivity index (χ4n) is 2.51. The first-order chi connectivity index (χ1) is 10.5. The third-order valence-electron chi connectivity index (χ3n) is 3.42. The fraction of sp³-hybridized carbons (Fsp3) is 0.214. The highest BCUT2D eigenvalue weighted by atomic mass is 79.9. The van der Waals surface area contributed by atoms with Gasteiger partial charge in [0.05, 0.1) is 14.7 Å². The number of pyridine rings is 1. The van der Waals surface area contributed by atoms with Gasteiger partial charge in [-0.05, 0) is 41.9 Å². The van der Waals surface area contributed by atoms with Crippen molar-refractivity contribution >= 4 is 60.0 Å². The first kappa shape index (κ1) is 14.1. The average molecular weight is 395 g/mol. The summed E-state index contributed by atoms with van der Waals surface area (Å²) in [4.78, 5) is 20.3. The van der Waals surface area contributed by atoms with Crippen LogP contribution in [-0.2, 0) is 0 Å². The number of rotatable bonds is 2. The molecule has 0 atom stereocenters. The molecule has 0 aliphatic carbocycles. The van der Waals surface area contributed by atoms with E-state index in [4.69, 9.17) is 0 Å². The largest absolute Gasteiger partial charge is 0.306 e. The zero-order valence-electron chi connectivity index (χ0n) is 11.8. The molecule has 8 heteroatoms. The van der Waals surface area contributed by atoms with Crippen molar-refractivity contribution in [1.29, 1.82) is 0 Å². The number of H-pyrrole nitrogens is 1. The Hall–Kier alpha value is -1.51. The predicted octanol–water partition coefficient (Wildman–Crippen LogP) is 4.41. The van der Waals surface area contributed by atoms with E-state index in [0.29, 0.717) is 5.65 Å². The van der Waals surface area contributed by atoms with Gasteiger partial charge < -0.3 is 0 Å². The highest BCUT2D eigenvalue weighted by Gasteiger charge is 2.19. The third-order valence-corrected chi connectivity index (χ3v) is 5.95. The molecular formula is C14H11BrN4OS2. The Balaban J connectivity index is 2.19. The van der Waals surface area contributed by atoms with Gasteiger partial charge in [-0.3, -0.25) is 9.78 Å². The molecule has 0 aromatic carbocycles. The summed E-state index contributed by atoms with van der Waals surface area (Å²) in [5.41, 5.74) is 2.46. The number of aromatic nitrogens is 4. The van der Waals surface area contributed by atoms with Gasteiger partial charge in [0.1, 0.15) is 0 Å². The number of halogens is 1. The Kier molecular flexibility index (Phi) is 3.21. The van der Waals surface area contributed by atoms with Crippen LogP contribution in [0.3, 0.4) is 0 Å². The third kappa shape index (κ3) is 2.05. The van der Waals surface area contributed by atoms with E-state index in [1.807, 2.05) is 16.9 Å². The molecule has 0 unspecified atom stereocenters. The quantitative estimate of drug-likeness (QED) is 0.547. The molecule has 4 heterocycles. The van der Waals surface area contributed by atoms with Gasteiger partial charge >= 0.3 is 4.87 Å². The molecule has 4 rings (SSSR count). The number of nitrogens with zero attached hydrogens (tertiary/aromatic N) is 3. The number of hydrogen-bond acceptors (Lipinski definition) is 5. The second-order valence-electron chi connectivity index (χ2n) is 5.20. The highest BCUT2D eigenvalue weighted by molar-refractivity contribution is 9.11. The van der Waals surface area contributed by atoms with Crippen LogP contribution in [-0.4, -0.2) is 19.7 Å². The molecule has 112 valence electrons. The Morgan fingerprint density at radius 3 is 2.82 bits per heavy atom. The first-order valence-electron chi connectivity index (χ1n) is 6.70. The lowest BCUT2D eigenvalue weighted by Gasteiger charge is -2.07. The molecule has 0 fully saturated rings. The molecule has 5 nitrogen and oxygen atoms in total. The molecule has 0 saturated carbocycles. The molecule has 1 N–H and O–H groups in total. The van der Waals surface area contributed by atoms with Crippen molar-refractivity contribution in [1.82, 2.24) is 19.7 Å². The minimum Gasteiger partial charge on any atom is -0.297 e. The maximum absolute atomic E-state index is 11.8. The summed E-state index contributed by atoms with van der Waals surface area (Å²) in [5, 5.41) is 5.45. The van der Waals surface area contributed by atoms with Crippen LogP contribution in [0, 0.1) is 0 Å². The van der Waals surface area contributed by atoms with E-state index in [2.05, 4.69) is 50.9 Å². The van der Waals surface area contributed by atoms with Gasteiger partial charge in [0.25, 0.3) is 0 Å². The summed E-state index contributed by atoms with van der Waals surface area (Å²) in [6, 6.07) is 4.27. The number of thiophene rings is 1. The van der Waals surface area contributed by atoms with E-state index in [1.165, 1.54) is 11.3 Å². The summed E-state index contributed by atoms with van der Waals surface area (Å²) < 4.78 is 3.83. The topological polar surface area (TPSA) is 63.6 Å². The monoisotopic (exact) mass is 394 g/mol. The van der Waals surface area contributed by atoms with Crippen LogP contribution in [0.25, 0.3) is 31.8 Å². The molecule has 0 bridgehead atoms. The molecule has 4 aromatic heterocycles. The van der Waals surface area contributed by atoms with E-state index in [-0.39, 0.29) is 10.9 Å². The van der Waals surface area contributed by atoms with Gasteiger partial charge in [0.15, 0.2) is 11.3 Å². The lowest BCUT2D eigenvalue weighted by Crippen LogP contribution is -2.03. The smallest absolute Gasteiger partial charge is 0.297 e. The summed E-state index contributed by atoms with van der Waals surface area (Å²) in [6.07, 6.45) is 1.84. The molecule has 0 aliphatic heterocycles. The number of fused-ring (bicyclic) bond motifs is 2. The van der Waals surface area contributed by atoms with Gasteiger partial charge in [0, 0.05) is 21.9 Å². The van der Waals surface area contributed by atoms with Gasteiger partial charge in [0.2, 0.25) is 0 Å². The molecule has 0 spiro atoms. The number of nitrogens with one attached hydrogen (secondary N) is 1. The van der Waals surface area contributed by atoms with Crippen molar-refractivity contribution in [3.05, 3.63) is 31.8 Å². The summed E-state index contributed by atoms with van der Waals surface area (Å²) in [5.74, 6) is 0. The van der Waals surface area contributed by atoms with Crippen LogP contribution < -0.4 is 4.87 Å². The van der Waals surface area contributed by atoms with Crippen LogP contribution in [0.4, 0.5) is 0 Å². The van der Waals surface area contributed by atoms with Crippen LogP contribution in [0.15, 0.2) is 26.9 Å². The van der Waals surface area contributed by atoms with Gasteiger partial charge in [-0.1, -0.05) is 11.3 Å². The van der Waals surface area contributed by atoms with E-state index in [9.17, 15) is 4.79 Å². The molecule has 22 heavy (non-hydrogen) atoms. The van der Waals surface area contributed by atoms with E-state index in [1.54, 1.807) is 11.3 Å². The Bertz CT molecular complexity index is 1060. The molecule has 0 aliphatic rings. The van der Waals surface area contributed by atoms with Gasteiger partial charge in [-0.15, -0.1) is 11.3 Å². The molecule has 0 radical (unpaired) electrons. The minimum absolute atomic E-state index is 0.0870. The average Bonchev–Trinajstić information content (AvgIpc) is 3.13.